The first-order valence-electron chi connectivity index (χ1n) is 10.1. The third-order valence-electron chi connectivity index (χ3n) is 5.28. The normalized spacial score (nSPS) is 19.4. The molecule has 29 heavy (non-hydrogen) atoms. The van der Waals surface area contributed by atoms with Gasteiger partial charge in [0.1, 0.15) is 5.84 Å². The molecule has 0 aromatic rings. The summed E-state index contributed by atoms with van der Waals surface area (Å²) in [5, 5.41) is 0. The van der Waals surface area contributed by atoms with Crippen LogP contribution in [0.1, 0.15) is 71.6 Å². The van der Waals surface area contributed by atoms with Gasteiger partial charge in [-0.1, -0.05) is 65.2 Å². The van der Waals surface area contributed by atoms with Crippen LogP contribution in [0.5, 0.6) is 0 Å². The molecular weight excluding hydrogens is 416 g/mol. The first kappa shape index (κ1) is 23.9. The molecule has 8 nitrogen and oxygen atoms in total. The van der Waals surface area contributed by atoms with Gasteiger partial charge < -0.3 is 0 Å². The Balaban J connectivity index is 1.99. The molecule has 0 saturated carbocycles. The Hall–Kier alpha value is -1.36. The Morgan fingerprint density at radius 1 is 0.931 bits per heavy atom. The molecule has 1 atom stereocenters. The largest absolute Gasteiger partial charge is 0.295 e. The highest BCUT2D eigenvalue weighted by Gasteiger charge is 2.53. The summed E-state index contributed by atoms with van der Waals surface area (Å²) in [6.07, 6.45) is 13.1. The van der Waals surface area contributed by atoms with Gasteiger partial charge in [-0.05, 0) is 24.6 Å². The Labute approximate surface area is 173 Å². The zero-order chi connectivity index (χ0) is 21.7. The van der Waals surface area contributed by atoms with Crippen molar-refractivity contribution in [1.29, 1.82) is 0 Å². The summed E-state index contributed by atoms with van der Waals surface area (Å²) in [6, 6.07) is 0. The van der Waals surface area contributed by atoms with E-state index in [1.807, 2.05) is 6.92 Å². The molecule has 0 aromatic carbocycles. The molecule has 1 heterocycles. The summed E-state index contributed by atoms with van der Waals surface area (Å²) in [6.45, 7) is 4.16. The van der Waals surface area contributed by atoms with Crippen molar-refractivity contribution in [2.75, 3.05) is 0 Å². The maximum absolute atomic E-state index is 11.7. The van der Waals surface area contributed by atoms with Gasteiger partial charge in [0.05, 0.1) is 11.4 Å². The highest BCUT2D eigenvalue weighted by atomic mass is 32.3. The number of nitrogens with zero attached hydrogens (tertiary/aromatic N) is 2. The van der Waals surface area contributed by atoms with E-state index >= 15 is 0 Å². The molecule has 0 aromatic heterocycles. The van der Waals surface area contributed by atoms with E-state index in [4.69, 9.17) is 0 Å². The average Bonchev–Trinajstić information content (AvgIpc) is 3.05. The molecule has 0 spiro atoms. The highest BCUT2D eigenvalue weighted by Crippen LogP contribution is 2.34. The molecule has 0 amide bonds. The molecule has 2 rings (SSSR count). The fraction of sp³-hybridized carbons (Fsp3) is 0.684. The van der Waals surface area contributed by atoms with Crippen LogP contribution in [-0.2, 0) is 20.2 Å². The number of hydrogen-bond acceptors (Lipinski definition) is 6. The summed E-state index contributed by atoms with van der Waals surface area (Å²) < 4.78 is 62.6. The van der Waals surface area contributed by atoms with Crippen molar-refractivity contribution in [3.05, 3.63) is 23.9 Å². The van der Waals surface area contributed by atoms with Gasteiger partial charge in [0, 0.05) is 5.92 Å². The third kappa shape index (κ3) is 5.62. The minimum atomic E-state index is -5.18. The number of hydrogen-bond donors (Lipinski definition) is 2. The van der Waals surface area contributed by atoms with E-state index in [1.54, 1.807) is 0 Å². The van der Waals surface area contributed by atoms with Crippen molar-refractivity contribution in [2.45, 2.75) is 75.7 Å². The van der Waals surface area contributed by atoms with Gasteiger partial charge in [-0.3, -0.25) is 9.11 Å². The molecule has 1 unspecified atom stereocenters. The van der Waals surface area contributed by atoms with Crippen molar-refractivity contribution in [1.82, 2.24) is 0 Å². The van der Waals surface area contributed by atoms with Crippen LogP contribution >= 0.6 is 0 Å². The smallest absolute Gasteiger partial charge is 0.284 e. The standard InChI is InChI=1S/C19H30N2O6S2/c1-3-4-5-6-7-8-9-10-11-15(2)18-20-16-12-13-19(28(22,23)24,29(25,26)27)14-17(16)21-18/h12-15H,3-11H2,1-2H3,(H,22,23,24)(H,25,26,27). The fourth-order valence-electron chi connectivity index (χ4n) is 3.44. The molecule has 1 aliphatic carbocycles. The minimum Gasteiger partial charge on any atom is -0.284 e. The van der Waals surface area contributed by atoms with E-state index in [1.165, 1.54) is 38.5 Å². The number of fused-ring (bicyclic) bond motifs is 1. The van der Waals surface area contributed by atoms with E-state index < -0.39 is 24.3 Å². The van der Waals surface area contributed by atoms with Gasteiger partial charge in [0.15, 0.2) is 0 Å². The monoisotopic (exact) mass is 446 g/mol. The summed E-state index contributed by atoms with van der Waals surface area (Å²) >= 11 is 0. The number of allylic oxidation sites excluding steroid dienone is 1. The topological polar surface area (TPSA) is 133 Å². The van der Waals surface area contributed by atoms with Crippen LogP contribution in [0.15, 0.2) is 33.9 Å². The van der Waals surface area contributed by atoms with Crippen molar-refractivity contribution in [3.8, 4) is 0 Å². The van der Waals surface area contributed by atoms with Gasteiger partial charge >= 0.3 is 0 Å². The number of rotatable bonds is 12. The van der Waals surface area contributed by atoms with Gasteiger partial charge in [-0.25, -0.2) is 9.98 Å². The van der Waals surface area contributed by atoms with Crippen molar-refractivity contribution in [3.63, 3.8) is 0 Å². The minimum absolute atomic E-state index is 0.0144. The molecule has 0 fully saturated rings. The molecule has 10 heteroatoms. The third-order valence-corrected chi connectivity index (χ3v) is 8.67. The molecule has 2 aliphatic rings. The number of aliphatic imine (C=N–C) groups is 2. The summed E-state index contributed by atoms with van der Waals surface area (Å²) in [5.41, 5.74) is 0.325. The van der Waals surface area contributed by atoms with Gasteiger partial charge in [0.25, 0.3) is 24.3 Å². The van der Waals surface area contributed by atoms with Gasteiger partial charge in [-0.15, -0.1) is 0 Å². The van der Waals surface area contributed by atoms with Crippen molar-refractivity contribution < 1.29 is 25.9 Å². The lowest BCUT2D eigenvalue weighted by atomic mass is 10.0. The molecule has 1 aliphatic heterocycles. The quantitative estimate of drug-likeness (QED) is 0.345. The van der Waals surface area contributed by atoms with Crippen LogP contribution in [0.2, 0.25) is 0 Å². The second-order valence-corrected chi connectivity index (χ2v) is 11.2. The highest BCUT2D eigenvalue weighted by molar-refractivity contribution is 8.05. The van der Waals surface area contributed by atoms with E-state index in [0.29, 0.717) is 17.6 Å². The van der Waals surface area contributed by atoms with Crippen LogP contribution in [0, 0.1) is 5.92 Å². The molecule has 0 radical (unpaired) electrons. The summed E-state index contributed by atoms with van der Waals surface area (Å²) in [7, 11) is -10.4. The van der Waals surface area contributed by atoms with E-state index in [0.717, 1.165) is 31.4 Å². The lowest BCUT2D eigenvalue weighted by Gasteiger charge is -2.23. The fourth-order valence-corrected chi connectivity index (χ4v) is 5.50. The average molecular weight is 447 g/mol. The zero-order valence-electron chi connectivity index (χ0n) is 16.9. The summed E-state index contributed by atoms with van der Waals surface area (Å²) in [5.74, 6) is 0.508. The lowest BCUT2D eigenvalue weighted by Crippen LogP contribution is -2.44. The van der Waals surface area contributed by atoms with Crippen LogP contribution in [0.25, 0.3) is 0 Å². The molecule has 0 bridgehead atoms. The van der Waals surface area contributed by atoms with Crippen molar-refractivity contribution in [2.24, 2.45) is 15.9 Å². The first-order valence-corrected chi connectivity index (χ1v) is 12.9. The molecule has 2 N–H and O–H groups in total. The maximum atomic E-state index is 11.7. The second kappa shape index (κ2) is 9.63. The predicted octanol–water partition coefficient (Wildman–Crippen LogP) is 3.93. The van der Waals surface area contributed by atoms with E-state index in [-0.39, 0.29) is 11.6 Å². The maximum Gasteiger partial charge on any atom is 0.295 e. The summed E-state index contributed by atoms with van der Waals surface area (Å²) in [4.78, 5) is 8.60. The second-order valence-electron chi connectivity index (χ2n) is 7.67. The number of amidine groups is 1. The Bertz CT molecular complexity index is 898. The lowest BCUT2D eigenvalue weighted by molar-refractivity contribution is 0.450. The molecule has 164 valence electrons. The Kier molecular flexibility index (Phi) is 7.94. The van der Waals surface area contributed by atoms with Crippen LogP contribution in [-0.4, -0.2) is 41.6 Å². The van der Waals surface area contributed by atoms with Gasteiger partial charge in [0.2, 0.25) is 0 Å². The first-order chi connectivity index (χ1) is 13.5. The Morgan fingerprint density at radius 2 is 1.48 bits per heavy atom. The Morgan fingerprint density at radius 3 is 2.03 bits per heavy atom. The van der Waals surface area contributed by atoms with E-state index in [2.05, 4.69) is 16.9 Å². The van der Waals surface area contributed by atoms with Crippen molar-refractivity contribution >= 4 is 31.8 Å². The van der Waals surface area contributed by atoms with Crippen LogP contribution in [0.4, 0.5) is 0 Å². The molecule has 0 saturated heterocycles. The number of unbranched alkanes of at least 4 members (excludes halogenated alkanes) is 7. The van der Waals surface area contributed by atoms with Crippen LogP contribution < -0.4 is 0 Å². The van der Waals surface area contributed by atoms with E-state index in [9.17, 15) is 25.9 Å². The SMILES string of the molecule is CCCCCCCCCCC(C)C1=NC2=CC(S(=O)(=O)O)(S(=O)(=O)O)C=CC2=N1. The predicted molar refractivity (Wildman–Crippen MR) is 114 cm³/mol. The van der Waals surface area contributed by atoms with Crippen LogP contribution in [0.3, 0.4) is 0 Å². The zero-order valence-corrected chi connectivity index (χ0v) is 18.5. The van der Waals surface area contributed by atoms with Gasteiger partial charge in [-0.2, -0.15) is 16.8 Å². The molecular formula is C19H30N2O6S2.